The molecule has 0 saturated heterocycles. The lowest BCUT2D eigenvalue weighted by Gasteiger charge is -2.19. The summed E-state index contributed by atoms with van der Waals surface area (Å²) in [7, 11) is 0. The second-order valence-electron chi connectivity index (χ2n) is 4.19. The zero-order chi connectivity index (χ0) is 15.2. The van der Waals surface area contributed by atoms with Crippen LogP contribution < -0.4 is 17.4 Å². The van der Waals surface area contributed by atoms with Crippen molar-refractivity contribution in [3.63, 3.8) is 0 Å². The number of hydrogen-bond acceptors (Lipinski definition) is 5. The van der Waals surface area contributed by atoms with Crippen molar-refractivity contribution in [2.75, 3.05) is 0 Å². The fourth-order valence-corrected chi connectivity index (χ4v) is 1.46. The Kier molecular flexibility index (Phi) is 5.42. The van der Waals surface area contributed by atoms with E-state index < -0.39 is 11.8 Å². The smallest absolute Gasteiger partial charge is 0.343 e. The minimum absolute atomic E-state index is 0.244. The summed E-state index contributed by atoms with van der Waals surface area (Å²) in [6.07, 6.45) is 5.22. The van der Waals surface area contributed by atoms with Crippen LogP contribution >= 0.6 is 0 Å². The van der Waals surface area contributed by atoms with E-state index in [9.17, 15) is 15.0 Å². The number of benzene rings is 1. The Hall–Kier alpha value is -2.19. The van der Waals surface area contributed by atoms with Crippen LogP contribution in [-0.4, -0.2) is 27.1 Å². The molecule has 0 bridgehead atoms. The second-order valence-corrected chi connectivity index (χ2v) is 4.19. The van der Waals surface area contributed by atoms with Gasteiger partial charge in [-0.05, 0) is 17.2 Å². The first-order valence-electron chi connectivity index (χ1n) is 5.80. The number of aliphatic hydroxyl groups is 2. The van der Waals surface area contributed by atoms with Crippen molar-refractivity contribution in [1.82, 2.24) is 5.12 Å². The van der Waals surface area contributed by atoms with Crippen LogP contribution in [0.3, 0.4) is 0 Å². The van der Waals surface area contributed by atoms with E-state index in [1.54, 1.807) is 6.08 Å². The number of hydrazine groups is 2. The van der Waals surface area contributed by atoms with Gasteiger partial charge in [0, 0.05) is 6.42 Å². The van der Waals surface area contributed by atoms with Crippen LogP contribution in [-0.2, 0) is 0 Å². The van der Waals surface area contributed by atoms with Crippen molar-refractivity contribution in [1.29, 1.82) is 0 Å². The van der Waals surface area contributed by atoms with Gasteiger partial charge in [0.15, 0.2) is 5.79 Å². The molecule has 2 rings (SSSR count). The van der Waals surface area contributed by atoms with Gasteiger partial charge in [-0.1, -0.05) is 42.5 Å². The molecule has 0 saturated carbocycles. The molecule has 0 fully saturated rings. The highest BCUT2D eigenvalue weighted by atomic mass is 16.5. The van der Waals surface area contributed by atoms with Crippen molar-refractivity contribution >= 4 is 11.6 Å². The number of amides is 2. The van der Waals surface area contributed by atoms with Crippen molar-refractivity contribution in [2.45, 2.75) is 12.2 Å². The molecule has 8 N–H and O–H groups in total. The minimum atomic E-state index is -1.67. The summed E-state index contributed by atoms with van der Waals surface area (Å²) in [6, 6.07) is 9.03. The van der Waals surface area contributed by atoms with Crippen molar-refractivity contribution < 1.29 is 15.0 Å². The molecule has 1 aliphatic rings. The van der Waals surface area contributed by atoms with E-state index in [2.05, 4.69) is 17.4 Å². The molecule has 2 amide bonds. The maximum absolute atomic E-state index is 9.60. The molecule has 1 aromatic carbocycles. The van der Waals surface area contributed by atoms with Crippen LogP contribution in [0.5, 0.6) is 0 Å². The summed E-state index contributed by atoms with van der Waals surface area (Å²) < 4.78 is 0. The first-order chi connectivity index (χ1) is 9.32. The van der Waals surface area contributed by atoms with E-state index in [0.29, 0.717) is 5.12 Å². The summed E-state index contributed by atoms with van der Waals surface area (Å²) in [4.78, 5) is 9.60. The third-order valence-electron chi connectivity index (χ3n) is 2.51. The SMILES string of the molecule is NC(=O)N(N)N.OC1(O)C=CC(c2ccccc2)=CC1. The van der Waals surface area contributed by atoms with Crippen LogP contribution in [0.1, 0.15) is 12.0 Å². The molecular formula is C13H18N4O3. The van der Waals surface area contributed by atoms with E-state index in [4.69, 9.17) is 0 Å². The molecule has 0 radical (unpaired) electrons. The number of urea groups is 1. The summed E-state index contributed by atoms with van der Waals surface area (Å²) in [5, 5.41) is 18.8. The highest BCUT2D eigenvalue weighted by Gasteiger charge is 2.20. The average molecular weight is 278 g/mol. The fraction of sp³-hybridized carbons (Fsp3) is 0.154. The molecule has 0 atom stereocenters. The predicted molar refractivity (Wildman–Crippen MR) is 75.1 cm³/mol. The van der Waals surface area contributed by atoms with Crippen LogP contribution in [0.15, 0.2) is 48.6 Å². The molecule has 7 heteroatoms. The first kappa shape index (κ1) is 15.9. The summed E-state index contributed by atoms with van der Waals surface area (Å²) in [5.74, 6) is 7.48. The lowest BCUT2D eigenvalue weighted by Crippen LogP contribution is -2.46. The fourth-order valence-electron chi connectivity index (χ4n) is 1.46. The molecule has 20 heavy (non-hydrogen) atoms. The molecule has 0 aromatic heterocycles. The number of carbonyl (C=O) groups excluding carboxylic acids is 1. The maximum Gasteiger partial charge on any atom is 0.343 e. The zero-order valence-electron chi connectivity index (χ0n) is 10.8. The zero-order valence-corrected chi connectivity index (χ0v) is 10.8. The lowest BCUT2D eigenvalue weighted by atomic mass is 9.97. The van der Waals surface area contributed by atoms with Gasteiger partial charge in [-0.25, -0.2) is 16.5 Å². The van der Waals surface area contributed by atoms with Crippen LogP contribution in [0.4, 0.5) is 4.79 Å². The standard InChI is InChI=1S/C12H12O2.CH6N4O/c13-12(14)8-6-11(7-9-12)10-4-2-1-3-5-10;2-1(6)5(3)4/h1-8,13-14H,9H2;3-4H2,(H2,2,6). The van der Waals surface area contributed by atoms with Crippen molar-refractivity contribution in [3.05, 3.63) is 54.1 Å². The third-order valence-corrected chi connectivity index (χ3v) is 2.51. The number of nitrogens with zero attached hydrogens (tertiary/aromatic N) is 1. The normalized spacial score (nSPS) is 15.7. The van der Waals surface area contributed by atoms with E-state index in [1.165, 1.54) is 6.08 Å². The van der Waals surface area contributed by atoms with E-state index in [0.717, 1.165) is 11.1 Å². The molecule has 0 heterocycles. The molecule has 108 valence electrons. The van der Waals surface area contributed by atoms with E-state index >= 15 is 0 Å². The summed E-state index contributed by atoms with van der Waals surface area (Å²) in [6.45, 7) is 0. The Labute approximate surface area is 116 Å². The molecule has 0 unspecified atom stereocenters. The van der Waals surface area contributed by atoms with E-state index in [-0.39, 0.29) is 6.42 Å². The van der Waals surface area contributed by atoms with Crippen LogP contribution in [0.25, 0.3) is 5.57 Å². The summed E-state index contributed by atoms with van der Waals surface area (Å²) >= 11 is 0. The van der Waals surface area contributed by atoms with Gasteiger partial charge in [0.2, 0.25) is 0 Å². The topological polar surface area (TPSA) is 139 Å². The summed E-state index contributed by atoms with van der Waals surface area (Å²) in [5.41, 5.74) is 6.60. The maximum atomic E-state index is 9.60. The van der Waals surface area contributed by atoms with Gasteiger partial charge in [0.25, 0.3) is 0 Å². The Morgan fingerprint density at radius 3 is 2.15 bits per heavy atom. The Balaban J connectivity index is 0.000000286. The molecule has 1 aliphatic carbocycles. The highest BCUT2D eigenvalue weighted by Crippen LogP contribution is 2.24. The number of primary amides is 1. The van der Waals surface area contributed by atoms with E-state index in [1.807, 2.05) is 36.4 Å². The number of rotatable bonds is 1. The van der Waals surface area contributed by atoms with Crippen LogP contribution in [0.2, 0.25) is 0 Å². The molecule has 7 nitrogen and oxygen atoms in total. The predicted octanol–water partition coefficient (Wildman–Crippen LogP) is -0.175. The van der Waals surface area contributed by atoms with Crippen molar-refractivity contribution in [3.8, 4) is 0 Å². The molecular weight excluding hydrogens is 260 g/mol. The minimum Gasteiger partial charge on any atom is -0.362 e. The van der Waals surface area contributed by atoms with Crippen molar-refractivity contribution in [2.24, 2.45) is 17.4 Å². The van der Waals surface area contributed by atoms with Gasteiger partial charge in [-0.15, -0.1) is 0 Å². The monoisotopic (exact) mass is 278 g/mol. The lowest BCUT2D eigenvalue weighted by molar-refractivity contribution is -0.114. The van der Waals surface area contributed by atoms with Gasteiger partial charge < -0.3 is 15.9 Å². The van der Waals surface area contributed by atoms with Gasteiger partial charge in [0.05, 0.1) is 0 Å². The Bertz CT molecular complexity index is 510. The number of allylic oxidation sites excluding steroid dienone is 2. The quantitative estimate of drug-likeness (QED) is 0.210. The Morgan fingerprint density at radius 2 is 1.75 bits per heavy atom. The number of nitrogens with two attached hydrogens (primary N) is 3. The molecule has 0 spiro atoms. The highest BCUT2D eigenvalue weighted by molar-refractivity contribution is 5.75. The number of hydrogen-bond donors (Lipinski definition) is 5. The van der Waals surface area contributed by atoms with Gasteiger partial charge in [-0.2, -0.15) is 5.12 Å². The number of carbonyl (C=O) groups is 1. The molecule has 0 aliphatic heterocycles. The largest absolute Gasteiger partial charge is 0.362 e. The van der Waals surface area contributed by atoms with Gasteiger partial charge >= 0.3 is 6.03 Å². The Morgan fingerprint density at radius 1 is 1.20 bits per heavy atom. The van der Waals surface area contributed by atoms with Gasteiger partial charge in [-0.3, -0.25) is 0 Å². The molecule has 1 aromatic rings. The first-order valence-corrected chi connectivity index (χ1v) is 5.80. The average Bonchev–Trinajstić information content (AvgIpc) is 2.40. The van der Waals surface area contributed by atoms with Crippen LogP contribution in [0, 0.1) is 0 Å². The van der Waals surface area contributed by atoms with Gasteiger partial charge in [0.1, 0.15) is 0 Å². The second kappa shape index (κ2) is 6.83. The third kappa shape index (κ3) is 5.21.